The van der Waals surface area contributed by atoms with Gasteiger partial charge >= 0.3 is 12.1 Å². The zero-order chi connectivity index (χ0) is 27.6. The van der Waals surface area contributed by atoms with Gasteiger partial charge in [-0.2, -0.15) is 0 Å². The van der Waals surface area contributed by atoms with Gasteiger partial charge in [-0.1, -0.05) is 91.0 Å². The maximum atomic E-state index is 13.5. The number of amides is 2. The summed E-state index contributed by atoms with van der Waals surface area (Å²) in [7, 11) is 0. The Hall–Kier alpha value is -4.50. The van der Waals surface area contributed by atoms with Gasteiger partial charge in [-0.15, -0.1) is 0 Å². The zero-order valence-corrected chi connectivity index (χ0v) is 21.2. The molecule has 202 valence electrons. The predicted octanol–water partition coefficient (Wildman–Crippen LogP) is 3.06. The number of ether oxygens (including phenoxy) is 2. The third kappa shape index (κ3) is 8.24. The highest BCUT2D eigenvalue weighted by Gasteiger charge is 2.52. The predicted molar refractivity (Wildman–Crippen MR) is 142 cm³/mol. The van der Waals surface area contributed by atoms with E-state index < -0.39 is 48.0 Å². The molecular weight excluding hydrogens is 500 g/mol. The first-order valence-corrected chi connectivity index (χ1v) is 12.7. The summed E-state index contributed by atoms with van der Waals surface area (Å²) in [6, 6.07) is 25.6. The maximum absolute atomic E-state index is 13.5. The van der Waals surface area contributed by atoms with Gasteiger partial charge < -0.3 is 25.2 Å². The average molecular weight is 531 g/mol. The lowest BCUT2D eigenvalue weighted by molar-refractivity contribution is -0.138. The van der Waals surface area contributed by atoms with Crippen molar-refractivity contribution in [2.24, 2.45) is 0 Å². The topological polar surface area (TPSA) is 134 Å². The van der Waals surface area contributed by atoms with Crippen molar-refractivity contribution in [1.82, 2.24) is 10.6 Å². The van der Waals surface area contributed by atoms with Crippen molar-refractivity contribution in [3.05, 3.63) is 108 Å². The summed E-state index contributed by atoms with van der Waals surface area (Å²) < 4.78 is 10.4. The fraction of sp³-hybridized carbons (Fsp3) is 0.267. The number of alkyl carbamates (subject to hydrolysis) is 1. The molecule has 1 saturated heterocycles. The molecule has 1 fully saturated rings. The molecule has 1 unspecified atom stereocenters. The second-order valence-electron chi connectivity index (χ2n) is 9.25. The van der Waals surface area contributed by atoms with Gasteiger partial charge in [0.2, 0.25) is 5.91 Å². The Morgan fingerprint density at radius 3 is 1.87 bits per heavy atom. The van der Waals surface area contributed by atoms with E-state index in [0.717, 1.165) is 16.7 Å². The molecule has 4 atom stereocenters. The molecule has 3 aromatic carbocycles. The zero-order valence-electron chi connectivity index (χ0n) is 21.2. The molecule has 39 heavy (non-hydrogen) atoms. The smallest absolute Gasteiger partial charge is 0.408 e. The number of Topliss-reactive ketones (excluding diaryl/α,β-unsaturated/α-hetero) is 1. The second-order valence-corrected chi connectivity index (χ2v) is 9.25. The number of benzene rings is 3. The highest BCUT2D eigenvalue weighted by Crippen LogP contribution is 2.25. The van der Waals surface area contributed by atoms with Gasteiger partial charge in [0.15, 0.2) is 18.0 Å². The minimum absolute atomic E-state index is 0.0279. The summed E-state index contributed by atoms with van der Waals surface area (Å²) in [5.74, 6) is -2.34. The Balaban J connectivity index is 1.46. The second kappa shape index (κ2) is 13.3. The van der Waals surface area contributed by atoms with Crippen LogP contribution in [0.15, 0.2) is 91.0 Å². The Morgan fingerprint density at radius 2 is 1.31 bits per heavy atom. The number of carbonyl (C=O) groups is 4. The van der Waals surface area contributed by atoms with Gasteiger partial charge in [-0.25, -0.2) is 9.59 Å². The number of ketones is 1. The van der Waals surface area contributed by atoms with Crippen LogP contribution in [0.2, 0.25) is 0 Å². The van der Waals surface area contributed by atoms with E-state index >= 15 is 0 Å². The van der Waals surface area contributed by atoms with Crippen molar-refractivity contribution >= 4 is 23.8 Å². The highest BCUT2D eigenvalue weighted by molar-refractivity contribution is 5.99. The van der Waals surface area contributed by atoms with Gasteiger partial charge in [0.1, 0.15) is 12.6 Å². The fourth-order valence-electron chi connectivity index (χ4n) is 4.19. The monoisotopic (exact) mass is 530 g/mol. The van der Waals surface area contributed by atoms with Crippen LogP contribution in [0.25, 0.3) is 0 Å². The van der Waals surface area contributed by atoms with Crippen molar-refractivity contribution in [3.63, 3.8) is 0 Å². The summed E-state index contributed by atoms with van der Waals surface area (Å²) in [6.45, 7) is 0.0279. The van der Waals surface area contributed by atoms with Crippen LogP contribution >= 0.6 is 0 Å². The fourth-order valence-corrected chi connectivity index (χ4v) is 4.19. The summed E-state index contributed by atoms with van der Waals surface area (Å²) in [5, 5.41) is 14.6. The Kier molecular flexibility index (Phi) is 9.42. The van der Waals surface area contributed by atoms with Crippen LogP contribution in [-0.4, -0.2) is 53.2 Å². The van der Waals surface area contributed by atoms with Crippen LogP contribution in [0.3, 0.4) is 0 Å². The Morgan fingerprint density at radius 1 is 0.744 bits per heavy atom. The van der Waals surface area contributed by atoms with E-state index in [0.29, 0.717) is 6.42 Å². The van der Waals surface area contributed by atoms with Gasteiger partial charge in [0.05, 0.1) is 6.04 Å². The molecule has 1 aliphatic rings. The average Bonchev–Trinajstić information content (AvgIpc) is 3.77. The van der Waals surface area contributed by atoms with Crippen LogP contribution in [0.5, 0.6) is 0 Å². The number of carboxylic acids is 1. The van der Waals surface area contributed by atoms with Crippen LogP contribution in [0.1, 0.15) is 23.1 Å². The molecule has 3 aromatic rings. The van der Waals surface area contributed by atoms with E-state index in [-0.39, 0.29) is 19.4 Å². The molecule has 9 heteroatoms. The van der Waals surface area contributed by atoms with Crippen molar-refractivity contribution in [1.29, 1.82) is 0 Å². The van der Waals surface area contributed by atoms with Crippen molar-refractivity contribution in [2.75, 3.05) is 0 Å². The Bertz CT molecular complexity index is 1270. The van der Waals surface area contributed by atoms with Crippen molar-refractivity contribution in [3.8, 4) is 0 Å². The third-order valence-electron chi connectivity index (χ3n) is 6.34. The number of nitrogens with one attached hydrogen (secondary N) is 2. The molecule has 0 radical (unpaired) electrons. The molecule has 0 saturated carbocycles. The van der Waals surface area contributed by atoms with Gasteiger partial charge in [-0.05, 0) is 29.5 Å². The number of aliphatic carboxylic acids is 1. The summed E-state index contributed by atoms with van der Waals surface area (Å²) in [4.78, 5) is 50.5. The minimum atomic E-state index is -1.23. The van der Waals surface area contributed by atoms with E-state index in [1.54, 1.807) is 0 Å². The molecule has 0 aliphatic carbocycles. The van der Waals surface area contributed by atoms with Crippen LogP contribution in [-0.2, 0) is 43.3 Å². The number of epoxide rings is 1. The quantitative estimate of drug-likeness (QED) is 0.289. The molecule has 4 rings (SSSR count). The molecule has 0 aromatic heterocycles. The third-order valence-corrected chi connectivity index (χ3v) is 6.34. The highest BCUT2D eigenvalue weighted by atomic mass is 16.6. The SMILES string of the molecule is O=C(N[C@@H](Cc1ccccc1)C(=O)N[C@H](CCc1ccccc1)C(=O)[C@@H]1OC1C(=O)O)OCc1ccccc1. The van der Waals surface area contributed by atoms with Gasteiger partial charge in [0, 0.05) is 6.42 Å². The van der Waals surface area contributed by atoms with E-state index in [4.69, 9.17) is 9.47 Å². The van der Waals surface area contributed by atoms with Crippen LogP contribution in [0.4, 0.5) is 4.79 Å². The normalized spacial score (nSPS) is 17.3. The first-order valence-electron chi connectivity index (χ1n) is 12.7. The molecule has 9 nitrogen and oxygen atoms in total. The Labute approximate surface area is 226 Å². The van der Waals surface area contributed by atoms with E-state index in [9.17, 15) is 24.3 Å². The molecule has 1 aliphatic heterocycles. The van der Waals surface area contributed by atoms with E-state index in [1.807, 2.05) is 91.0 Å². The number of carboxylic acid groups (broad SMARTS) is 1. The lowest BCUT2D eigenvalue weighted by Gasteiger charge is -2.23. The van der Waals surface area contributed by atoms with Crippen molar-refractivity contribution in [2.45, 2.75) is 50.2 Å². The molecule has 1 heterocycles. The summed E-state index contributed by atoms with van der Waals surface area (Å²) in [5.41, 5.74) is 2.55. The molecule has 0 bridgehead atoms. The summed E-state index contributed by atoms with van der Waals surface area (Å²) >= 11 is 0. The number of aryl methyl sites for hydroxylation is 1. The number of hydrogen-bond acceptors (Lipinski definition) is 6. The lowest BCUT2D eigenvalue weighted by Crippen LogP contribution is -2.53. The number of hydrogen-bond donors (Lipinski definition) is 3. The molecular formula is C30H30N2O7. The van der Waals surface area contributed by atoms with Crippen LogP contribution in [0, 0.1) is 0 Å². The lowest BCUT2D eigenvalue weighted by atomic mass is 9.98. The molecule has 3 N–H and O–H groups in total. The van der Waals surface area contributed by atoms with E-state index in [1.165, 1.54) is 0 Å². The minimum Gasteiger partial charge on any atom is -0.479 e. The number of carbonyl (C=O) groups excluding carboxylic acids is 3. The van der Waals surface area contributed by atoms with Crippen molar-refractivity contribution < 1.29 is 33.8 Å². The van der Waals surface area contributed by atoms with Gasteiger partial charge in [0.25, 0.3) is 0 Å². The summed E-state index contributed by atoms with van der Waals surface area (Å²) in [6.07, 6.45) is -2.27. The van der Waals surface area contributed by atoms with Gasteiger partial charge in [-0.3, -0.25) is 9.59 Å². The maximum Gasteiger partial charge on any atom is 0.408 e. The first kappa shape index (κ1) is 27.5. The number of rotatable bonds is 13. The molecule has 2 amide bonds. The molecule has 0 spiro atoms. The largest absolute Gasteiger partial charge is 0.479 e. The van der Waals surface area contributed by atoms with E-state index in [2.05, 4.69) is 10.6 Å². The van der Waals surface area contributed by atoms with Crippen LogP contribution < -0.4 is 10.6 Å². The first-order chi connectivity index (χ1) is 18.9. The standard InChI is InChI=1S/C30H30N2O7/c33-25(26-27(39-26)29(35)36)23(17-16-20-10-4-1-5-11-20)31-28(34)24(18-21-12-6-2-7-13-21)32-30(37)38-19-22-14-8-3-9-15-22/h1-15,23-24,26-27H,16-19H2,(H,31,34)(H,32,37)(H,35,36)/t23-,24+,26+,27?/m1/s1.